The van der Waals surface area contributed by atoms with Crippen molar-refractivity contribution in [3.05, 3.63) is 191 Å². The molecule has 0 unspecified atom stereocenters. The minimum absolute atomic E-state index is 0.254. The van der Waals surface area contributed by atoms with Gasteiger partial charge in [-0.15, -0.1) is 0 Å². The van der Waals surface area contributed by atoms with Crippen molar-refractivity contribution in [2.75, 3.05) is 33.4 Å². The molecule has 6 rings (SSSR count). The number of benzene rings is 6. The third kappa shape index (κ3) is 9.68. The number of ether oxygens (including phenoxy) is 2. The third-order valence-electron chi connectivity index (χ3n) is 9.64. The second-order valence-electron chi connectivity index (χ2n) is 13.3. The molecule has 6 aromatic rings. The summed E-state index contributed by atoms with van der Waals surface area (Å²) in [5.74, 6) is 2.16. The van der Waals surface area contributed by atoms with Gasteiger partial charge in [-0.2, -0.15) is 0 Å². The maximum Gasteiger partial charge on any atom is 0.119 e. The number of hydrogen-bond donors (Lipinski definition) is 2. The summed E-state index contributed by atoms with van der Waals surface area (Å²) >= 11 is 0. The van der Waals surface area contributed by atoms with E-state index in [2.05, 4.69) is 98.6 Å². The Labute approximate surface area is 320 Å². The molecule has 5 heteroatoms. The number of hydrogen-bond acceptors (Lipinski definition) is 5. The van der Waals surface area contributed by atoms with Gasteiger partial charge in [-0.1, -0.05) is 123 Å². The zero-order valence-electron chi connectivity index (χ0n) is 31.4. The van der Waals surface area contributed by atoms with Crippen LogP contribution in [0.1, 0.15) is 60.1 Å². The summed E-state index contributed by atoms with van der Waals surface area (Å²) < 4.78 is 12.3. The van der Waals surface area contributed by atoms with Gasteiger partial charge in [0.25, 0.3) is 0 Å². The number of likely N-dealkylation sites (N-methyl/N-ethyl adjacent to an activating group) is 1. The average molecular weight is 716 g/mol. The monoisotopic (exact) mass is 715 g/mol. The zero-order valence-corrected chi connectivity index (χ0v) is 31.4. The van der Waals surface area contributed by atoms with Crippen molar-refractivity contribution < 1.29 is 19.7 Å². The number of nitrogens with zero attached hydrogens (tertiary/aromatic N) is 1. The van der Waals surface area contributed by atoms with Crippen molar-refractivity contribution in [2.24, 2.45) is 0 Å². The van der Waals surface area contributed by atoms with Crippen LogP contribution < -0.4 is 9.47 Å². The molecule has 0 aliphatic carbocycles. The maximum atomic E-state index is 9.95. The summed E-state index contributed by atoms with van der Waals surface area (Å²) in [6.07, 6.45) is 1.74. The molecule has 5 nitrogen and oxygen atoms in total. The first kappa shape index (κ1) is 37.7. The van der Waals surface area contributed by atoms with Crippen LogP contribution in [0, 0.1) is 0 Å². The highest BCUT2D eigenvalue weighted by atomic mass is 16.5. The number of phenols is 2. The molecule has 0 saturated heterocycles. The van der Waals surface area contributed by atoms with Crippen LogP contribution in [-0.2, 0) is 0 Å². The van der Waals surface area contributed by atoms with E-state index in [-0.39, 0.29) is 11.5 Å². The Hall–Kier alpha value is -6.04. The molecule has 0 radical (unpaired) electrons. The van der Waals surface area contributed by atoms with Crippen LogP contribution in [0.2, 0.25) is 0 Å². The highest BCUT2D eigenvalue weighted by molar-refractivity contribution is 5.99. The maximum absolute atomic E-state index is 9.95. The van der Waals surface area contributed by atoms with Gasteiger partial charge in [0.05, 0.1) is 0 Å². The van der Waals surface area contributed by atoms with E-state index < -0.39 is 0 Å². The van der Waals surface area contributed by atoms with Crippen molar-refractivity contribution in [1.82, 2.24) is 4.90 Å². The fourth-order valence-electron chi connectivity index (χ4n) is 6.80. The molecule has 0 aromatic heterocycles. The average Bonchev–Trinajstić information content (AvgIpc) is 3.21. The fraction of sp³-hybridized carbons (Fsp3) is 0.184. The van der Waals surface area contributed by atoms with E-state index in [0.717, 1.165) is 70.8 Å². The molecule has 6 aromatic carbocycles. The summed E-state index contributed by atoms with van der Waals surface area (Å²) in [6, 6.07) is 52.4. The molecule has 2 N–H and O–H groups in total. The largest absolute Gasteiger partial charge is 0.508 e. The number of allylic oxidation sites excluding steroid dienone is 2. The van der Waals surface area contributed by atoms with E-state index in [4.69, 9.17) is 9.47 Å². The normalized spacial score (nSPS) is 12.2. The minimum Gasteiger partial charge on any atom is -0.508 e. The first-order valence-corrected chi connectivity index (χ1v) is 18.7. The Bertz CT molecular complexity index is 1960. The highest BCUT2D eigenvalue weighted by Crippen LogP contribution is 2.37. The molecule has 274 valence electrons. The van der Waals surface area contributed by atoms with E-state index in [1.54, 1.807) is 24.3 Å². The lowest BCUT2D eigenvalue weighted by molar-refractivity contribution is 0.202. The lowest BCUT2D eigenvalue weighted by Gasteiger charge is -2.19. The van der Waals surface area contributed by atoms with Gasteiger partial charge in [-0.3, -0.25) is 4.90 Å². The first-order chi connectivity index (χ1) is 26.4. The highest BCUT2D eigenvalue weighted by Gasteiger charge is 2.15. The molecular formula is C49H49NO4. The molecule has 0 aliphatic heterocycles. The zero-order chi connectivity index (χ0) is 37.7. The van der Waals surface area contributed by atoms with Crippen molar-refractivity contribution in [2.45, 2.75) is 26.7 Å². The molecular weight excluding hydrogens is 667 g/mol. The molecule has 0 spiro atoms. The van der Waals surface area contributed by atoms with Gasteiger partial charge < -0.3 is 19.7 Å². The van der Waals surface area contributed by atoms with Gasteiger partial charge in [-0.05, 0) is 124 Å². The van der Waals surface area contributed by atoms with Crippen LogP contribution in [0.25, 0.3) is 22.3 Å². The lowest BCUT2D eigenvalue weighted by atomic mass is 9.88. The number of phenolic OH excluding ortho intramolecular Hbond substituents is 2. The van der Waals surface area contributed by atoms with Crippen LogP contribution in [0.4, 0.5) is 0 Å². The summed E-state index contributed by atoms with van der Waals surface area (Å²) in [7, 11) is 2.08. The summed E-state index contributed by atoms with van der Waals surface area (Å²) in [4.78, 5) is 2.21. The number of aromatic hydroxyl groups is 2. The van der Waals surface area contributed by atoms with E-state index in [1.165, 1.54) is 22.3 Å². The summed E-state index contributed by atoms with van der Waals surface area (Å²) in [6.45, 7) is 7.00. The van der Waals surface area contributed by atoms with Gasteiger partial charge in [0.1, 0.15) is 36.2 Å². The SMILES string of the molecule is CC/C(=C(\c1ccc(O)cc1)c1ccc(OCCN(C)CCOc2ccc(/C(=C(\CC)c3ccccc3)c3ccc(O)cc3)cc2)cc1)c1ccccc1. The summed E-state index contributed by atoms with van der Waals surface area (Å²) in [5.41, 5.74) is 11.5. The Morgan fingerprint density at radius 1 is 0.426 bits per heavy atom. The Kier molecular flexibility index (Phi) is 13.0. The number of rotatable bonds is 16. The van der Waals surface area contributed by atoms with E-state index in [0.29, 0.717) is 13.2 Å². The summed E-state index contributed by atoms with van der Waals surface area (Å²) in [5, 5.41) is 19.9. The predicted molar refractivity (Wildman–Crippen MR) is 223 cm³/mol. The third-order valence-corrected chi connectivity index (χ3v) is 9.64. The minimum atomic E-state index is 0.254. The van der Waals surface area contributed by atoms with Crippen LogP contribution in [0.3, 0.4) is 0 Å². The van der Waals surface area contributed by atoms with Gasteiger partial charge >= 0.3 is 0 Å². The molecule has 0 heterocycles. The van der Waals surface area contributed by atoms with Crippen molar-refractivity contribution in [1.29, 1.82) is 0 Å². The van der Waals surface area contributed by atoms with E-state index in [1.807, 2.05) is 60.7 Å². The van der Waals surface area contributed by atoms with Gasteiger partial charge in [-0.25, -0.2) is 0 Å². The molecule has 54 heavy (non-hydrogen) atoms. The predicted octanol–water partition coefficient (Wildman–Crippen LogP) is 11.2. The smallest absolute Gasteiger partial charge is 0.119 e. The molecule has 0 amide bonds. The van der Waals surface area contributed by atoms with Crippen LogP contribution in [0.5, 0.6) is 23.0 Å². The Balaban J connectivity index is 1.05. The standard InChI is InChI=1S/C49H49NO4/c1-4-46(36-12-8-6-9-13-36)48(38-16-24-42(51)25-17-38)40-20-28-44(29-21-40)53-34-32-50(3)33-35-54-45-30-22-41(23-31-45)49(39-18-26-43(52)27-19-39)47(5-2)37-14-10-7-11-15-37/h6-31,51-52H,4-5,32-35H2,1-3H3/b48-46-,49-47+. The van der Waals surface area contributed by atoms with Crippen LogP contribution in [-0.4, -0.2) is 48.5 Å². The van der Waals surface area contributed by atoms with E-state index >= 15 is 0 Å². The molecule has 0 saturated carbocycles. The van der Waals surface area contributed by atoms with Crippen molar-refractivity contribution in [3.8, 4) is 23.0 Å². The van der Waals surface area contributed by atoms with Crippen LogP contribution in [0.15, 0.2) is 158 Å². The molecule has 0 atom stereocenters. The second-order valence-corrected chi connectivity index (χ2v) is 13.3. The first-order valence-electron chi connectivity index (χ1n) is 18.7. The van der Waals surface area contributed by atoms with Crippen LogP contribution >= 0.6 is 0 Å². The lowest BCUT2D eigenvalue weighted by Crippen LogP contribution is -2.28. The topological polar surface area (TPSA) is 62.2 Å². The van der Waals surface area contributed by atoms with Gasteiger partial charge in [0.15, 0.2) is 0 Å². The molecule has 0 bridgehead atoms. The van der Waals surface area contributed by atoms with Gasteiger partial charge in [0.2, 0.25) is 0 Å². The quantitative estimate of drug-likeness (QED) is 0.0977. The van der Waals surface area contributed by atoms with Gasteiger partial charge in [0, 0.05) is 13.1 Å². The second kappa shape index (κ2) is 18.6. The molecule has 0 fully saturated rings. The Morgan fingerprint density at radius 2 is 0.741 bits per heavy atom. The molecule has 0 aliphatic rings. The van der Waals surface area contributed by atoms with E-state index in [9.17, 15) is 10.2 Å². The fourth-order valence-corrected chi connectivity index (χ4v) is 6.80. The van der Waals surface area contributed by atoms with Crippen molar-refractivity contribution >= 4 is 22.3 Å². The Morgan fingerprint density at radius 3 is 1.06 bits per heavy atom. The van der Waals surface area contributed by atoms with Crippen molar-refractivity contribution in [3.63, 3.8) is 0 Å².